The first-order valence-corrected chi connectivity index (χ1v) is 6.20. The summed E-state index contributed by atoms with van der Waals surface area (Å²) >= 11 is 0. The zero-order valence-corrected chi connectivity index (χ0v) is 10.5. The molecule has 1 aromatic heterocycles. The molecule has 0 spiro atoms. The molecule has 1 aliphatic rings. The highest BCUT2D eigenvalue weighted by Crippen LogP contribution is 2.14. The van der Waals surface area contributed by atoms with Gasteiger partial charge in [-0.2, -0.15) is 5.10 Å². The van der Waals surface area contributed by atoms with Gasteiger partial charge >= 0.3 is 0 Å². The van der Waals surface area contributed by atoms with Crippen molar-refractivity contribution in [3.8, 4) is 0 Å². The SMILES string of the molecule is CCc1nn(C)cc1CN(CC)C1CNC1. The standard InChI is InChI=1S/C12H22N4/c1-4-12-10(8-15(3)14-12)9-16(5-2)11-6-13-7-11/h8,11,13H,4-7,9H2,1-3H3. The number of nitrogens with one attached hydrogen (secondary N) is 1. The normalized spacial score (nSPS) is 16.8. The van der Waals surface area contributed by atoms with Crippen LogP contribution in [0.2, 0.25) is 0 Å². The van der Waals surface area contributed by atoms with Gasteiger partial charge in [0.1, 0.15) is 0 Å². The highest BCUT2D eigenvalue weighted by atomic mass is 15.3. The van der Waals surface area contributed by atoms with Crippen LogP contribution in [-0.2, 0) is 20.0 Å². The van der Waals surface area contributed by atoms with E-state index in [0.717, 1.165) is 38.6 Å². The Kier molecular flexibility index (Phi) is 3.61. The molecule has 0 unspecified atom stereocenters. The van der Waals surface area contributed by atoms with Gasteiger partial charge in [0, 0.05) is 44.5 Å². The van der Waals surface area contributed by atoms with E-state index in [4.69, 9.17) is 0 Å². The molecule has 90 valence electrons. The van der Waals surface area contributed by atoms with E-state index < -0.39 is 0 Å². The number of likely N-dealkylation sites (N-methyl/N-ethyl adjacent to an activating group) is 1. The first kappa shape index (κ1) is 11.6. The summed E-state index contributed by atoms with van der Waals surface area (Å²) < 4.78 is 1.93. The summed E-state index contributed by atoms with van der Waals surface area (Å²) in [5.74, 6) is 0. The molecule has 1 aliphatic heterocycles. The molecule has 1 N–H and O–H groups in total. The van der Waals surface area contributed by atoms with Crippen LogP contribution in [0.5, 0.6) is 0 Å². The largest absolute Gasteiger partial charge is 0.314 e. The first-order chi connectivity index (χ1) is 7.74. The Morgan fingerprint density at radius 2 is 2.25 bits per heavy atom. The molecule has 2 heterocycles. The number of aryl methyl sites for hydroxylation is 2. The lowest BCUT2D eigenvalue weighted by atomic mass is 10.1. The van der Waals surface area contributed by atoms with E-state index in [1.54, 1.807) is 0 Å². The first-order valence-electron chi connectivity index (χ1n) is 6.20. The Hall–Kier alpha value is -0.870. The fourth-order valence-electron chi connectivity index (χ4n) is 2.26. The summed E-state index contributed by atoms with van der Waals surface area (Å²) in [5.41, 5.74) is 2.63. The van der Waals surface area contributed by atoms with Gasteiger partial charge in [0.2, 0.25) is 0 Å². The van der Waals surface area contributed by atoms with E-state index in [1.807, 2.05) is 11.7 Å². The topological polar surface area (TPSA) is 33.1 Å². The number of hydrogen-bond donors (Lipinski definition) is 1. The number of rotatable bonds is 5. The predicted molar refractivity (Wildman–Crippen MR) is 65.3 cm³/mol. The van der Waals surface area contributed by atoms with E-state index in [-0.39, 0.29) is 0 Å². The summed E-state index contributed by atoms with van der Waals surface area (Å²) in [6.45, 7) is 8.84. The van der Waals surface area contributed by atoms with Crippen molar-refractivity contribution in [3.05, 3.63) is 17.5 Å². The maximum Gasteiger partial charge on any atom is 0.0666 e. The van der Waals surface area contributed by atoms with E-state index >= 15 is 0 Å². The van der Waals surface area contributed by atoms with Crippen molar-refractivity contribution in [2.24, 2.45) is 7.05 Å². The van der Waals surface area contributed by atoms with Crippen molar-refractivity contribution in [1.82, 2.24) is 20.0 Å². The van der Waals surface area contributed by atoms with Gasteiger partial charge in [-0.25, -0.2) is 0 Å². The molecule has 4 heteroatoms. The van der Waals surface area contributed by atoms with Crippen LogP contribution in [0.25, 0.3) is 0 Å². The van der Waals surface area contributed by atoms with Crippen LogP contribution in [0.1, 0.15) is 25.1 Å². The Labute approximate surface area is 97.6 Å². The molecular weight excluding hydrogens is 200 g/mol. The van der Waals surface area contributed by atoms with Gasteiger partial charge in [0.25, 0.3) is 0 Å². The van der Waals surface area contributed by atoms with Gasteiger partial charge in [-0.1, -0.05) is 13.8 Å². The molecule has 16 heavy (non-hydrogen) atoms. The van der Waals surface area contributed by atoms with Crippen LogP contribution >= 0.6 is 0 Å². The summed E-state index contributed by atoms with van der Waals surface area (Å²) in [6, 6.07) is 0.718. The van der Waals surface area contributed by atoms with Crippen LogP contribution in [0, 0.1) is 0 Å². The van der Waals surface area contributed by atoms with Crippen LogP contribution in [0.3, 0.4) is 0 Å². The Bertz CT molecular complexity index is 341. The molecule has 0 aromatic carbocycles. The van der Waals surface area contributed by atoms with E-state index in [1.165, 1.54) is 11.3 Å². The average Bonchev–Trinajstić information content (AvgIpc) is 2.55. The second-order valence-electron chi connectivity index (χ2n) is 4.50. The van der Waals surface area contributed by atoms with Crippen molar-refractivity contribution >= 4 is 0 Å². The van der Waals surface area contributed by atoms with Crippen molar-refractivity contribution in [2.45, 2.75) is 32.9 Å². The molecular formula is C12H22N4. The van der Waals surface area contributed by atoms with Gasteiger partial charge < -0.3 is 5.32 Å². The smallest absolute Gasteiger partial charge is 0.0666 e. The Morgan fingerprint density at radius 3 is 2.75 bits per heavy atom. The minimum Gasteiger partial charge on any atom is -0.314 e. The van der Waals surface area contributed by atoms with E-state index in [9.17, 15) is 0 Å². The lowest BCUT2D eigenvalue weighted by Crippen LogP contribution is -2.56. The fraction of sp³-hybridized carbons (Fsp3) is 0.750. The van der Waals surface area contributed by atoms with Crippen molar-refractivity contribution in [2.75, 3.05) is 19.6 Å². The Morgan fingerprint density at radius 1 is 1.50 bits per heavy atom. The lowest BCUT2D eigenvalue weighted by Gasteiger charge is -2.37. The number of aromatic nitrogens is 2. The van der Waals surface area contributed by atoms with E-state index in [0.29, 0.717) is 0 Å². The summed E-state index contributed by atoms with van der Waals surface area (Å²) in [5, 5.41) is 7.83. The molecule has 1 fully saturated rings. The van der Waals surface area contributed by atoms with Crippen LogP contribution < -0.4 is 5.32 Å². The molecule has 0 saturated carbocycles. The highest BCUT2D eigenvalue weighted by molar-refractivity contribution is 5.17. The number of hydrogen-bond acceptors (Lipinski definition) is 3. The van der Waals surface area contributed by atoms with E-state index in [2.05, 4.69) is 35.4 Å². The second-order valence-corrected chi connectivity index (χ2v) is 4.50. The predicted octanol–water partition coefficient (Wildman–Crippen LogP) is 0.776. The van der Waals surface area contributed by atoms with Gasteiger partial charge in [-0.15, -0.1) is 0 Å². The van der Waals surface area contributed by atoms with Gasteiger partial charge in [-0.3, -0.25) is 9.58 Å². The zero-order chi connectivity index (χ0) is 11.5. The molecule has 0 amide bonds. The molecule has 1 aromatic rings. The molecule has 4 nitrogen and oxygen atoms in total. The van der Waals surface area contributed by atoms with Gasteiger partial charge in [-0.05, 0) is 13.0 Å². The maximum atomic E-state index is 4.49. The quantitative estimate of drug-likeness (QED) is 0.799. The van der Waals surface area contributed by atoms with Crippen LogP contribution in [-0.4, -0.2) is 40.4 Å². The fourth-order valence-corrected chi connectivity index (χ4v) is 2.26. The van der Waals surface area contributed by atoms with Crippen molar-refractivity contribution in [3.63, 3.8) is 0 Å². The lowest BCUT2D eigenvalue weighted by molar-refractivity contribution is 0.145. The third kappa shape index (κ3) is 2.28. The van der Waals surface area contributed by atoms with Gasteiger partial charge in [0.05, 0.1) is 5.69 Å². The second kappa shape index (κ2) is 4.97. The molecule has 1 saturated heterocycles. The van der Waals surface area contributed by atoms with Gasteiger partial charge in [0.15, 0.2) is 0 Å². The molecule has 2 rings (SSSR count). The maximum absolute atomic E-state index is 4.49. The monoisotopic (exact) mass is 222 g/mol. The Balaban J connectivity index is 2.05. The molecule has 0 atom stereocenters. The number of nitrogens with zero attached hydrogens (tertiary/aromatic N) is 3. The summed E-state index contributed by atoms with van der Waals surface area (Å²) in [6.07, 6.45) is 3.18. The highest BCUT2D eigenvalue weighted by Gasteiger charge is 2.24. The molecule has 0 aliphatic carbocycles. The van der Waals surface area contributed by atoms with Crippen molar-refractivity contribution in [1.29, 1.82) is 0 Å². The molecule has 0 radical (unpaired) electrons. The van der Waals surface area contributed by atoms with Crippen molar-refractivity contribution < 1.29 is 0 Å². The summed E-state index contributed by atoms with van der Waals surface area (Å²) in [7, 11) is 2.00. The average molecular weight is 222 g/mol. The third-order valence-corrected chi connectivity index (χ3v) is 3.38. The van der Waals surface area contributed by atoms with Crippen LogP contribution in [0.4, 0.5) is 0 Å². The minimum absolute atomic E-state index is 0.718. The zero-order valence-electron chi connectivity index (χ0n) is 10.5. The summed E-state index contributed by atoms with van der Waals surface area (Å²) in [4.78, 5) is 2.53. The minimum atomic E-state index is 0.718. The van der Waals surface area contributed by atoms with Crippen LogP contribution in [0.15, 0.2) is 6.20 Å². The third-order valence-electron chi connectivity index (χ3n) is 3.38. The molecule has 0 bridgehead atoms.